The summed E-state index contributed by atoms with van der Waals surface area (Å²) in [4.78, 5) is 4.00. The molecule has 56 valence electrons. The molecule has 1 rings (SSSR count). The number of nitrogens with zero attached hydrogens (tertiary/aromatic N) is 1. The van der Waals surface area contributed by atoms with Gasteiger partial charge in [-0.1, -0.05) is 12.8 Å². The average Bonchev–Trinajstić information content (AvgIpc) is 1.94. The number of hydrogen-bond acceptors (Lipinski definition) is 2. The average molecular weight is 176 g/mol. The second-order valence-corrected chi connectivity index (χ2v) is 3.33. The van der Waals surface area contributed by atoms with Crippen LogP contribution in [0.2, 0.25) is 0 Å². The van der Waals surface area contributed by atoms with E-state index in [-0.39, 0.29) is 11.4 Å². The third kappa shape index (κ3) is 2.05. The molecule has 0 heterocycles. The summed E-state index contributed by atoms with van der Waals surface area (Å²) >= 11 is 10.5. The van der Waals surface area contributed by atoms with Crippen molar-refractivity contribution >= 4 is 29.0 Å². The first kappa shape index (κ1) is 8.19. The minimum absolute atomic E-state index is 0.198. The Kier molecular flexibility index (Phi) is 3.33. The molecule has 0 radical (unpaired) electrons. The molecule has 0 amide bonds. The van der Waals surface area contributed by atoms with Crippen molar-refractivity contribution < 1.29 is 0 Å². The molecule has 1 saturated carbocycles. The van der Waals surface area contributed by atoms with E-state index in [1.54, 1.807) is 0 Å². The van der Waals surface area contributed by atoms with Crippen molar-refractivity contribution in [2.75, 3.05) is 0 Å². The third-order valence-corrected chi connectivity index (χ3v) is 2.48. The van der Waals surface area contributed by atoms with Crippen LogP contribution in [-0.4, -0.2) is 16.6 Å². The zero-order chi connectivity index (χ0) is 7.40. The van der Waals surface area contributed by atoms with E-state index in [1.807, 2.05) is 0 Å². The normalized spacial score (nSPS) is 32.9. The molecule has 0 saturated heterocycles. The summed E-state index contributed by atoms with van der Waals surface area (Å²) in [5, 5.41) is 2.59. The van der Waals surface area contributed by atoms with Crippen molar-refractivity contribution in [3.05, 3.63) is 0 Å². The highest BCUT2D eigenvalue weighted by Crippen LogP contribution is 2.24. The number of thiocarbonyl (C=S) groups is 1. The van der Waals surface area contributed by atoms with Gasteiger partial charge in [-0.3, -0.25) is 0 Å². The van der Waals surface area contributed by atoms with Crippen LogP contribution in [0, 0.1) is 0 Å². The van der Waals surface area contributed by atoms with E-state index in [4.69, 9.17) is 11.6 Å². The molecule has 1 aliphatic rings. The predicted octanol–water partition coefficient (Wildman–Crippen LogP) is 2.64. The summed E-state index contributed by atoms with van der Waals surface area (Å²) in [7, 11) is 0. The maximum Gasteiger partial charge on any atom is 0.0766 e. The van der Waals surface area contributed by atoms with Crippen molar-refractivity contribution in [1.29, 1.82) is 0 Å². The highest BCUT2D eigenvalue weighted by atomic mass is 35.5. The van der Waals surface area contributed by atoms with Crippen LogP contribution >= 0.6 is 23.8 Å². The lowest BCUT2D eigenvalue weighted by atomic mass is 9.96. The number of rotatable bonds is 1. The SMILES string of the molecule is S=C=NC1CCCCC1Cl. The lowest BCUT2D eigenvalue weighted by molar-refractivity contribution is 0.452. The van der Waals surface area contributed by atoms with E-state index >= 15 is 0 Å². The molecule has 0 aromatic rings. The molecule has 1 fully saturated rings. The molecule has 0 N–H and O–H groups in total. The van der Waals surface area contributed by atoms with Gasteiger partial charge in [-0.25, -0.2) is 4.99 Å². The van der Waals surface area contributed by atoms with E-state index in [0.717, 1.165) is 12.8 Å². The maximum absolute atomic E-state index is 5.98. The topological polar surface area (TPSA) is 12.4 Å². The molecule has 1 aliphatic carbocycles. The Labute approximate surface area is 71.5 Å². The summed E-state index contributed by atoms with van der Waals surface area (Å²) in [5.41, 5.74) is 0. The lowest BCUT2D eigenvalue weighted by Gasteiger charge is -2.21. The zero-order valence-electron chi connectivity index (χ0n) is 5.72. The highest BCUT2D eigenvalue weighted by Gasteiger charge is 2.21. The van der Waals surface area contributed by atoms with Gasteiger partial charge in [-0.15, -0.1) is 11.6 Å². The van der Waals surface area contributed by atoms with Gasteiger partial charge in [0, 0.05) is 0 Å². The molecular weight excluding hydrogens is 166 g/mol. The fraction of sp³-hybridized carbons (Fsp3) is 0.857. The number of aliphatic imine (C=N–C) groups is 1. The summed E-state index contributed by atoms with van der Waals surface area (Å²) in [6.07, 6.45) is 4.62. The second kappa shape index (κ2) is 4.07. The number of isothiocyanates is 1. The van der Waals surface area contributed by atoms with Gasteiger partial charge in [0.05, 0.1) is 16.6 Å². The fourth-order valence-corrected chi connectivity index (χ4v) is 1.75. The van der Waals surface area contributed by atoms with Crippen molar-refractivity contribution in [3.8, 4) is 0 Å². The molecule has 0 spiro atoms. The van der Waals surface area contributed by atoms with Crippen LogP contribution in [-0.2, 0) is 0 Å². The first-order valence-corrected chi connectivity index (χ1v) is 4.40. The minimum Gasteiger partial charge on any atom is -0.228 e. The van der Waals surface area contributed by atoms with Crippen LogP contribution in [0.25, 0.3) is 0 Å². The van der Waals surface area contributed by atoms with Crippen molar-refractivity contribution in [2.45, 2.75) is 37.1 Å². The Bertz CT molecular complexity index is 154. The lowest BCUT2D eigenvalue weighted by Crippen LogP contribution is -2.22. The minimum atomic E-state index is 0.198. The Morgan fingerprint density at radius 3 is 2.70 bits per heavy atom. The quantitative estimate of drug-likeness (QED) is 0.339. The van der Waals surface area contributed by atoms with Crippen LogP contribution in [0.4, 0.5) is 0 Å². The molecule has 2 atom stereocenters. The van der Waals surface area contributed by atoms with Crippen molar-refractivity contribution in [3.63, 3.8) is 0 Å². The van der Waals surface area contributed by atoms with Gasteiger partial charge in [0.25, 0.3) is 0 Å². The third-order valence-electron chi connectivity index (χ3n) is 1.87. The summed E-state index contributed by atoms with van der Waals surface area (Å²) in [6, 6.07) is 0.243. The monoisotopic (exact) mass is 175 g/mol. The zero-order valence-corrected chi connectivity index (χ0v) is 7.29. The summed E-state index contributed by atoms with van der Waals surface area (Å²) in [5.74, 6) is 0. The van der Waals surface area contributed by atoms with Crippen LogP contribution < -0.4 is 0 Å². The molecule has 0 aromatic heterocycles. The Morgan fingerprint density at radius 2 is 2.10 bits per heavy atom. The van der Waals surface area contributed by atoms with E-state index in [0.29, 0.717) is 0 Å². The molecule has 0 bridgehead atoms. The Hall–Kier alpha value is 0.0900. The molecule has 3 heteroatoms. The largest absolute Gasteiger partial charge is 0.228 e. The van der Waals surface area contributed by atoms with Crippen molar-refractivity contribution in [2.24, 2.45) is 4.99 Å². The van der Waals surface area contributed by atoms with Crippen LogP contribution in [0.1, 0.15) is 25.7 Å². The van der Waals surface area contributed by atoms with Crippen LogP contribution in [0.15, 0.2) is 4.99 Å². The molecule has 0 aliphatic heterocycles. The summed E-state index contributed by atoms with van der Waals surface area (Å²) < 4.78 is 0. The Balaban J connectivity index is 2.47. The fourth-order valence-electron chi connectivity index (χ4n) is 1.28. The molecule has 2 unspecified atom stereocenters. The van der Waals surface area contributed by atoms with E-state index in [1.165, 1.54) is 12.8 Å². The molecule has 10 heavy (non-hydrogen) atoms. The first-order valence-electron chi connectivity index (χ1n) is 3.55. The van der Waals surface area contributed by atoms with Crippen LogP contribution in [0.3, 0.4) is 0 Å². The van der Waals surface area contributed by atoms with Gasteiger partial charge in [-0.05, 0) is 25.1 Å². The molecule has 1 nitrogen and oxygen atoms in total. The molecular formula is C7H10ClNS. The van der Waals surface area contributed by atoms with Gasteiger partial charge in [-0.2, -0.15) is 0 Å². The van der Waals surface area contributed by atoms with Gasteiger partial charge < -0.3 is 0 Å². The van der Waals surface area contributed by atoms with Gasteiger partial charge in [0.2, 0.25) is 0 Å². The van der Waals surface area contributed by atoms with Gasteiger partial charge in [0.15, 0.2) is 0 Å². The predicted molar refractivity (Wildman–Crippen MR) is 46.9 cm³/mol. The number of halogens is 1. The van der Waals surface area contributed by atoms with E-state index in [9.17, 15) is 0 Å². The summed E-state index contributed by atoms with van der Waals surface area (Å²) in [6.45, 7) is 0. The molecule has 0 aromatic carbocycles. The highest BCUT2D eigenvalue weighted by molar-refractivity contribution is 7.78. The standard InChI is InChI=1S/C7H10ClNS/c8-6-3-1-2-4-7(6)9-5-10/h6-7H,1-4H2. The Morgan fingerprint density at radius 1 is 1.40 bits per heavy atom. The van der Waals surface area contributed by atoms with Crippen LogP contribution in [0.5, 0.6) is 0 Å². The second-order valence-electron chi connectivity index (χ2n) is 2.59. The number of hydrogen-bond donors (Lipinski definition) is 0. The van der Waals surface area contributed by atoms with Gasteiger partial charge in [0.1, 0.15) is 0 Å². The van der Waals surface area contributed by atoms with Gasteiger partial charge >= 0.3 is 0 Å². The van der Waals surface area contributed by atoms with E-state index < -0.39 is 0 Å². The van der Waals surface area contributed by atoms with E-state index in [2.05, 4.69) is 22.4 Å². The first-order chi connectivity index (χ1) is 4.84. The maximum atomic E-state index is 5.98. The number of alkyl halides is 1. The smallest absolute Gasteiger partial charge is 0.0766 e. The van der Waals surface area contributed by atoms with Crippen molar-refractivity contribution in [1.82, 2.24) is 0 Å².